The van der Waals surface area contributed by atoms with E-state index in [0.717, 1.165) is 0 Å². The van der Waals surface area contributed by atoms with Crippen LogP contribution in [0.5, 0.6) is 0 Å². The molecule has 0 aromatic heterocycles. The number of rotatable bonds is 3. The summed E-state index contributed by atoms with van der Waals surface area (Å²) < 4.78 is 10.3. The van der Waals surface area contributed by atoms with E-state index in [1.54, 1.807) is 7.11 Å². The van der Waals surface area contributed by atoms with Crippen molar-refractivity contribution in [3.63, 3.8) is 0 Å². The Morgan fingerprint density at radius 1 is 1.67 bits per heavy atom. The molecule has 1 aliphatic rings. The van der Waals surface area contributed by atoms with Gasteiger partial charge in [0.25, 0.3) is 0 Å². The first-order valence-electron chi connectivity index (χ1n) is 4.21. The Morgan fingerprint density at radius 3 is 2.83 bits per heavy atom. The first-order chi connectivity index (χ1) is 5.77. The van der Waals surface area contributed by atoms with Crippen LogP contribution in [0.15, 0.2) is 12.2 Å². The molecule has 0 aromatic rings. The first-order valence-corrected chi connectivity index (χ1v) is 4.21. The second-order valence-corrected chi connectivity index (χ2v) is 3.15. The molecule has 1 aliphatic heterocycles. The average molecular weight is 172 g/mol. The summed E-state index contributed by atoms with van der Waals surface area (Å²) >= 11 is 0. The molecule has 1 rings (SSSR count). The predicted molar refractivity (Wildman–Crippen MR) is 45.6 cm³/mol. The van der Waals surface area contributed by atoms with Gasteiger partial charge >= 0.3 is 0 Å². The fourth-order valence-corrected chi connectivity index (χ4v) is 1.19. The van der Waals surface area contributed by atoms with Crippen LogP contribution in [0.4, 0.5) is 0 Å². The van der Waals surface area contributed by atoms with E-state index in [1.165, 1.54) is 0 Å². The van der Waals surface area contributed by atoms with Crippen LogP contribution < -0.4 is 0 Å². The lowest BCUT2D eigenvalue weighted by Crippen LogP contribution is -2.27. The van der Waals surface area contributed by atoms with E-state index in [1.807, 2.05) is 13.0 Å². The molecule has 12 heavy (non-hydrogen) atoms. The molecule has 0 aromatic carbocycles. The summed E-state index contributed by atoms with van der Waals surface area (Å²) in [6, 6.07) is 0. The van der Waals surface area contributed by atoms with Crippen LogP contribution in [0, 0.1) is 11.8 Å². The van der Waals surface area contributed by atoms with E-state index in [4.69, 9.17) is 14.6 Å². The first kappa shape index (κ1) is 9.71. The van der Waals surface area contributed by atoms with Gasteiger partial charge in [-0.25, -0.2) is 0 Å². The minimum atomic E-state index is -0.202. The van der Waals surface area contributed by atoms with E-state index < -0.39 is 0 Å². The summed E-state index contributed by atoms with van der Waals surface area (Å²) in [5, 5.41) is 8.89. The van der Waals surface area contributed by atoms with Gasteiger partial charge in [0.1, 0.15) is 0 Å². The molecule has 3 atom stereocenters. The Balaban J connectivity index is 2.42. The molecule has 0 radical (unpaired) electrons. The van der Waals surface area contributed by atoms with Crippen molar-refractivity contribution in [3.8, 4) is 0 Å². The SMILES string of the molecule is CO[C@@H]1C=C[C@H](C(C)CO)CO1. The maximum atomic E-state index is 8.89. The van der Waals surface area contributed by atoms with Crippen LogP contribution in [-0.2, 0) is 9.47 Å². The quantitative estimate of drug-likeness (QED) is 0.640. The van der Waals surface area contributed by atoms with Gasteiger partial charge in [0, 0.05) is 19.6 Å². The van der Waals surface area contributed by atoms with Crippen molar-refractivity contribution in [1.29, 1.82) is 0 Å². The summed E-state index contributed by atoms with van der Waals surface area (Å²) in [4.78, 5) is 0. The van der Waals surface area contributed by atoms with Gasteiger partial charge in [-0.1, -0.05) is 13.0 Å². The van der Waals surface area contributed by atoms with Crippen molar-refractivity contribution in [3.05, 3.63) is 12.2 Å². The standard InChI is InChI=1S/C9H16O3/c1-7(5-10)8-3-4-9(11-2)12-6-8/h3-4,7-10H,5-6H2,1-2H3/t7?,8-,9-/m0/s1. The highest BCUT2D eigenvalue weighted by atomic mass is 16.7. The smallest absolute Gasteiger partial charge is 0.176 e. The van der Waals surface area contributed by atoms with E-state index in [2.05, 4.69) is 6.08 Å². The fraction of sp³-hybridized carbons (Fsp3) is 0.778. The van der Waals surface area contributed by atoms with Crippen LogP contribution in [0.2, 0.25) is 0 Å². The lowest BCUT2D eigenvalue weighted by atomic mass is 9.94. The number of hydrogen-bond donors (Lipinski definition) is 1. The monoisotopic (exact) mass is 172 g/mol. The average Bonchev–Trinajstić information content (AvgIpc) is 2.17. The molecule has 0 fully saturated rings. The van der Waals surface area contributed by atoms with Gasteiger partial charge in [0.05, 0.1) is 6.61 Å². The molecule has 0 amide bonds. The zero-order valence-corrected chi connectivity index (χ0v) is 7.56. The lowest BCUT2D eigenvalue weighted by Gasteiger charge is -2.25. The number of methoxy groups -OCH3 is 1. The van der Waals surface area contributed by atoms with Crippen molar-refractivity contribution < 1.29 is 14.6 Å². The molecule has 3 heteroatoms. The van der Waals surface area contributed by atoms with Crippen LogP contribution in [0.3, 0.4) is 0 Å². The highest BCUT2D eigenvalue weighted by molar-refractivity contribution is 4.96. The number of ether oxygens (including phenoxy) is 2. The third-order valence-corrected chi connectivity index (χ3v) is 2.22. The predicted octanol–water partition coefficient (Wildman–Crippen LogP) is 0.790. The summed E-state index contributed by atoms with van der Waals surface area (Å²) in [5.41, 5.74) is 0. The van der Waals surface area contributed by atoms with Crippen molar-refractivity contribution in [1.82, 2.24) is 0 Å². The summed E-state index contributed by atoms with van der Waals surface area (Å²) in [5.74, 6) is 0.584. The van der Waals surface area contributed by atoms with E-state index in [-0.39, 0.29) is 18.8 Å². The van der Waals surface area contributed by atoms with E-state index in [9.17, 15) is 0 Å². The van der Waals surface area contributed by atoms with Crippen LogP contribution in [0.1, 0.15) is 6.92 Å². The Hall–Kier alpha value is -0.380. The van der Waals surface area contributed by atoms with E-state index in [0.29, 0.717) is 12.5 Å². The highest BCUT2D eigenvalue weighted by Crippen LogP contribution is 2.18. The summed E-state index contributed by atoms with van der Waals surface area (Å²) in [6.07, 6.45) is 3.74. The van der Waals surface area contributed by atoms with Crippen LogP contribution in [-0.4, -0.2) is 31.7 Å². The fourth-order valence-electron chi connectivity index (χ4n) is 1.19. The molecule has 3 nitrogen and oxygen atoms in total. The number of aliphatic hydroxyl groups excluding tert-OH is 1. The molecule has 0 saturated carbocycles. The molecule has 1 unspecified atom stereocenters. The molecular formula is C9H16O3. The van der Waals surface area contributed by atoms with E-state index >= 15 is 0 Å². The van der Waals surface area contributed by atoms with Gasteiger partial charge in [0.15, 0.2) is 6.29 Å². The summed E-state index contributed by atoms with van der Waals surface area (Å²) in [6.45, 7) is 2.85. The lowest BCUT2D eigenvalue weighted by molar-refractivity contribution is -0.110. The van der Waals surface area contributed by atoms with Crippen molar-refractivity contribution in [2.45, 2.75) is 13.2 Å². The van der Waals surface area contributed by atoms with Gasteiger partial charge in [-0.3, -0.25) is 0 Å². The third-order valence-electron chi connectivity index (χ3n) is 2.22. The zero-order chi connectivity index (χ0) is 8.97. The zero-order valence-electron chi connectivity index (χ0n) is 7.56. The maximum absolute atomic E-state index is 8.89. The van der Waals surface area contributed by atoms with Gasteiger partial charge in [-0.05, 0) is 12.0 Å². The Labute approximate surface area is 73.0 Å². The van der Waals surface area contributed by atoms with Crippen LogP contribution in [0.25, 0.3) is 0 Å². The van der Waals surface area contributed by atoms with Crippen LogP contribution >= 0.6 is 0 Å². The topological polar surface area (TPSA) is 38.7 Å². The normalized spacial score (nSPS) is 31.9. The number of hydrogen-bond acceptors (Lipinski definition) is 3. The van der Waals surface area contributed by atoms with Crippen molar-refractivity contribution >= 4 is 0 Å². The van der Waals surface area contributed by atoms with Gasteiger partial charge in [-0.15, -0.1) is 0 Å². The van der Waals surface area contributed by atoms with Gasteiger partial charge in [-0.2, -0.15) is 0 Å². The second kappa shape index (κ2) is 4.60. The highest BCUT2D eigenvalue weighted by Gasteiger charge is 2.19. The minimum absolute atomic E-state index is 0.202. The Kier molecular flexibility index (Phi) is 3.72. The molecule has 0 aliphatic carbocycles. The largest absolute Gasteiger partial charge is 0.396 e. The molecular weight excluding hydrogens is 156 g/mol. The molecule has 0 saturated heterocycles. The third kappa shape index (κ3) is 2.30. The Bertz CT molecular complexity index is 156. The van der Waals surface area contributed by atoms with Gasteiger partial charge < -0.3 is 14.6 Å². The molecule has 0 bridgehead atoms. The van der Waals surface area contributed by atoms with Crippen molar-refractivity contribution in [2.75, 3.05) is 20.3 Å². The van der Waals surface area contributed by atoms with Gasteiger partial charge in [0.2, 0.25) is 0 Å². The number of aliphatic hydroxyl groups is 1. The molecule has 1 heterocycles. The maximum Gasteiger partial charge on any atom is 0.176 e. The summed E-state index contributed by atoms with van der Waals surface area (Å²) in [7, 11) is 1.62. The van der Waals surface area contributed by atoms with Crippen molar-refractivity contribution in [2.24, 2.45) is 11.8 Å². The molecule has 0 spiro atoms. The molecule has 70 valence electrons. The second-order valence-electron chi connectivity index (χ2n) is 3.15. The molecule has 1 N–H and O–H groups in total. The Morgan fingerprint density at radius 2 is 2.42 bits per heavy atom. The minimum Gasteiger partial charge on any atom is -0.396 e.